The number of para-hydroxylation sites is 2. The van der Waals surface area contributed by atoms with Crippen molar-refractivity contribution in [2.45, 2.75) is 6.42 Å². The van der Waals surface area contributed by atoms with Crippen molar-refractivity contribution in [2.75, 3.05) is 45.6 Å². The molecule has 1 N–H and O–H groups in total. The van der Waals surface area contributed by atoms with E-state index in [0.717, 1.165) is 16.9 Å². The molecule has 6 nitrogen and oxygen atoms in total. The summed E-state index contributed by atoms with van der Waals surface area (Å²) < 4.78 is 16.0. The Balaban J connectivity index is 2.21. The minimum atomic E-state index is -0.122. The quantitative estimate of drug-likeness (QED) is 0.837. The number of methoxy groups -OCH3 is 3. The Bertz CT molecular complexity index is 719. The lowest BCUT2D eigenvalue weighted by Gasteiger charge is -2.18. The summed E-state index contributed by atoms with van der Waals surface area (Å²) in [6, 6.07) is 11.2. The fraction of sp³-hybridized carbons (Fsp3) is 0.316. The van der Waals surface area contributed by atoms with Crippen LogP contribution in [0.1, 0.15) is 5.56 Å². The average Bonchev–Trinajstić information content (AvgIpc) is 2.60. The molecule has 0 unspecified atom stereocenters. The normalized spacial score (nSPS) is 10.1. The summed E-state index contributed by atoms with van der Waals surface area (Å²) in [5, 5.41) is 2.95. The number of anilines is 2. The monoisotopic (exact) mass is 344 g/mol. The van der Waals surface area contributed by atoms with Crippen LogP contribution in [0, 0.1) is 0 Å². The van der Waals surface area contributed by atoms with E-state index in [1.807, 2.05) is 43.3 Å². The molecule has 0 bridgehead atoms. The van der Waals surface area contributed by atoms with E-state index in [0.29, 0.717) is 17.2 Å². The molecule has 25 heavy (non-hydrogen) atoms. The molecule has 6 heteroatoms. The highest BCUT2D eigenvalue weighted by Gasteiger charge is 2.15. The van der Waals surface area contributed by atoms with Crippen LogP contribution >= 0.6 is 0 Å². The topological polar surface area (TPSA) is 60.0 Å². The molecule has 0 aliphatic rings. The van der Waals surface area contributed by atoms with Crippen LogP contribution in [0.25, 0.3) is 0 Å². The Morgan fingerprint density at radius 2 is 1.60 bits per heavy atom. The zero-order chi connectivity index (χ0) is 18.4. The standard InChI is InChI=1S/C19H24N2O4/c1-21(2)15-9-7-6-8-14(15)20-18(22)12-13-10-16(23-3)19(25-5)17(11-13)24-4/h6-11H,12H2,1-5H3,(H,20,22). The first-order valence-corrected chi connectivity index (χ1v) is 7.85. The predicted molar refractivity (Wildman–Crippen MR) is 99.2 cm³/mol. The number of rotatable bonds is 7. The van der Waals surface area contributed by atoms with Gasteiger partial charge in [-0.25, -0.2) is 0 Å². The van der Waals surface area contributed by atoms with E-state index >= 15 is 0 Å². The van der Waals surface area contributed by atoms with Crippen LogP contribution in [0.2, 0.25) is 0 Å². The number of nitrogens with one attached hydrogen (secondary N) is 1. The molecular weight excluding hydrogens is 320 g/mol. The molecule has 134 valence electrons. The number of amides is 1. The van der Waals surface area contributed by atoms with Crippen molar-refractivity contribution in [3.8, 4) is 17.2 Å². The molecule has 0 saturated carbocycles. The molecule has 0 aliphatic heterocycles. The van der Waals surface area contributed by atoms with E-state index in [9.17, 15) is 4.79 Å². The Morgan fingerprint density at radius 3 is 2.12 bits per heavy atom. The van der Waals surface area contributed by atoms with Crippen LogP contribution in [0.5, 0.6) is 17.2 Å². The van der Waals surface area contributed by atoms with Gasteiger partial charge in [0.25, 0.3) is 0 Å². The zero-order valence-corrected chi connectivity index (χ0v) is 15.3. The number of hydrogen-bond acceptors (Lipinski definition) is 5. The molecule has 0 radical (unpaired) electrons. The molecule has 0 fully saturated rings. The van der Waals surface area contributed by atoms with Gasteiger partial charge in [0.15, 0.2) is 11.5 Å². The number of nitrogens with zero attached hydrogens (tertiary/aromatic N) is 1. The minimum Gasteiger partial charge on any atom is -0.493 e. The van der Waals surface area contributed by atoms with Gasteiger partial charge in [-0.3, -0.25) is 4.79 Å². The van der Waals surface area contributed by atoms with Crippen LogP contribution in [0.3, 0.4) is 0 Å². The second kappa shape index (κ2) is 8.28. The van der Waals surface area contributed by atoms with Gasteiger partial charge in [0, 0.05) is 14.1 Å². The molecule has 0 aromatic heterocycles. The van der Waals surface area contributed by atoms with Gasteiger partial charge < -0.3 is 24.4 Å². The number of hydrogen-bond donors (Lipinski definition) is 1. The average molecular weight is 344 g/mol. The van der Waals surface area contributed by atoms with Gasteiger partial charge in [0.1, 0.15) is 0 Å². The molecule has 0 spiro atoms. The Kier molecular flexibility index (Phi) is 6.11. The smallest absolute Gasteiger partial charge is 0.228 e. The van der Waals surface area contributed by atoms with Crippen molar-refractivity contribution < 1.29 is 19.0 Å². The Hall–Kier alpha value is -2.89. The highest BCUT2D eigenvalue weighted by Crippen LogP contribution is 2.38. The summed E-state index contributed by atoms with van der Waals surface area (Å²) in [6.07, 6.45) is 0.193. The van der Waals surface area contributed by atoms with Crippen LogP contribution in [0.15, 0.2) is 36.4 Å². The van der Waals surface area contributed by atoms with Crippen LogP contribution in [0.4, 0.5) is 11.4 Å². The highest BCUT2D eigenvalue weighted by atomic mass is 16.5. The van der Waals surface area contributed by atoms with Crippen molar-refractivity contribution in [3.63, 3.8) is 0 Å². The van der Waals surface area contributed by atoms with Gasteiger partial charge in [0.2, 0.25) is 11.7 Å². The van der Waals surface area contributed by atoms with Crippen molar-refractivity contribution >= 4 is 17.3 Å². The molecule has 2 aromatic rings. The maximum Gasteiger partial charge on any atom is 0.228 e. The Morgan fingerprint density at radius 1 is 1.00 bits per heavy atom. The molecule has 1 amide bonds. The fourth-order valence-corrected chi connectivity index (χ4v) is 2.59. The lowest BCUT2D eigenvalue weighted by Crippen LogP contribution is -2.18. The van der Waals surface area contributed by atoms with Crippen LogP contribution < -0.4 is 24.4 Å². The van der Waals surface area contributed by atoms with Gasteiger partial charge in [-0.05, 0) is 29.8 Å². The molecular formula is C19H24N2O4. The summed E-state index contributed by atoms with van der Waals surface area (Å²) in [5.74, 6) is 1.44. The summed E-state index contributed by atoms with van der Waals surface area (Å²) in [5.41, 5.74) is 2.49. The summed E-state index contributed by atoms with van der Waals surface area (Å²) in [4.78, 5) is 14.4. The molecule has 2 rings (SSSR count). The van der Waals surface area contributed by atoms with Gasteiger partial charge >= 0.3 is 0 Å². The first kappa shape index (κ1) is 18.4. The predicted octanol–water partition coefficient (Wildman–Crippen LogP) is 2.96. The summed E-state index contributed by atoms with van der Waals surface area (Å²) in [7, 11) is 8.52. The van der Waals surface area contributed by atoms with Crippen LogP contribution in [-0.4, -0.2) is 41.3 Å². The SMILES string of the molecule is COc1cc(CC(=O)Nc2ccccc2N(C)C)cc(OC)c1OC. The summed E-state index contributed by atoms with van der Waals surface area (Å²) in [6.45, 7) is 0. The van der Waals surface area contributed by atoms with E-state index in [-0.39, 0.29) is 12.3 Å². The second-order valence-electron chi connectivity index (χ2n) is 5.67. The number of benzene rings is 2. The first-order chi connectivity index (χ1) is 12.0. The molecule has 0 heterocycles. The van der Waals surface area contributed by atoms with Gasteiger partial charge in [-0.1, -0.05) is 12.1 Å². The van der Waals surface area contributed by atoms with E-state index in [1.54, 1.807) is 33.5 Å². The van der Waals surface area contributed by atoms with E-state index in [2.05, 4.69) is 5.32 Å². The third-order valence-corrected chi connectivity index (χ3v) is 3.75. The third-order valence-electron chi connectivity index (χ3n) is 3.75. The summed E-state index contributed by atoms with van der Waals surface area (Å²) >= 11 is 0. The molecule has 0 aliphatic carbocycles. The van der Waals surface area contributed by atoms with E-state index in [4.69, 9.17) is 14.2 Å². The van der Waals surface area contributed by atoms with Crippen molar-refractivity contribution in [3.05, 3.63) is 42.0 Å². The largest absolute Gasteiger partial charge is 0.493 e. The van der Waals surface area contributed by atoms with Gasteiger partial charge in [-0.2, -0.15) is 0 Å². The maximum atomic E-state index is 12.5. The van der Waals surface area contributed by atoms with Crippen LogP contribution in [-0.2, 0) is 11.2 Å². The third kappa shape index (κ3) is 4.35. The molecule has 0 atom stereocenters. The minimum absolute atomic E-state index is 0.122. The molecule has 2 aromatic carbocycles. The fourth-order valence-electron chi connectivity index (χ4n) is 2.59. The number of ether oxygens (including phenoxy) is 3. The number of carbonyl (C=O) groups is 1. The van der Waals surface area contributed by atoms with E-state index in [1.165, 1.54) is 0 Å². The lowest BCUT2D eigenvalue weighted by molar-refractivity contribution is -0.115. The number of carbonyl (C=O) groups excluding carboxylic acids is 1. The van der Waals surface area contributed by atoms with Crippen molar-refractivity contribution in [2.24, 2.45) is 0 Å². The maximum absolute atomic E-state index is 12.5. The van der Waals surface area contributed by atoms with Crippen molar-refractivity contribution in [1.82, 2.24) is 0 Å². The second-order valence-corrected chi connectivity index (χ2v) is 5.67. The van der Waals surface area contributed by atoms with E-state index < -0.39 is 0 Å². The van der Waals surface area contributed by atoms with Crippen molar-refractivity contribution in [1.29, 1.82) is 0 Å². The Labute approximate surface area is 148 Å². The lowest BCUT2D eigenvalue weighted by atomic mass is 10.1. The highest BCUT2D eigenvalue weighted by molar-refractivity contribution is 5.95. The van der Waals surface area contributed by atoms with Gasteiger partial charge in [-0.15, -0.1) is 0 Å². The zero-order valence-electron chi connectivity index (χ0n) is 15.3. The molecule has 0 saturated heterocycles. The first-order valence-electron chi connectivity index (χ1n) is 7.85. The van der Waals surface area contributed by atoms with Gasteiger partial charge in [0.05, 0.1) is 39.1 Å².